The molecule has 0 bridgehead atoms. The van der Waals surface area contributed by atoms with Gasteiger partial charge in [0.15, 0.2) is 5.60 Å². The minimum atomic E-state index is -2.74. The third-order valence-electron chi connectivity index (χ3n) is 1.75. The molecule has 0 aromatic heterocycles. The number of rotatable bonds is 7. The summed E-state index contributed by atoms with van der Waals surface area (Å²) >= 11 is 0. The molecule has 0 radical (unpaired) electrons. The zero-order chi connectivity index (χ0) is 15.6. The Morgan fingerprint density at radius 3 is 1.37 bits per heavy atom. The molecule has 0 aliphatic heterocycles. The molecule has 0 aromatic rings. The van der Waals surface area contributed by atoms with Crippen LogP contribution in [0.4, 0.5) is 0 Å². The molecule has 10 heteroatoms. The van der Waals surface area contributed by atoms with E-state index in [0.717, 1.165) is 0 Å². The van der Waals surface area contributed by atoms with Crippen molar-refractivity contribution in [3.05, 3.63) is 0 Å². The molecule has 112 valence electrons. The summed E-state index contributed by atoms with van der Waals surface area (Å²) in [6.45, 7) is -0.285. The second-order valence-corrected chi connectivity index (χ2v) is 3.60. The predicted molar refractivity (Wildman–Crippen MR) is 59.2 cm³/mol. The lowest BCUT2D eigenvalue weighted by atomic mass is 9.96. The van der Waals surface area contributed by atoms with E-state index in [2.05, 4.69) is 0 Å². The summed E-state index contributed by atoms with van der Waals surface area (Å²) in [5.74, 6) is -5.02. The van der Waals surface area contributed by atoms with Crippen LogP contribution in [0.2, 0.25) is 0 Å². The third kappa shape index (κ3) is 9.91. The first-order valence-electron chi connectivity index (χ1n) is 4.95. The predicted octanol–water partition coefficient (Wildman–Crippen LogP) is -2.95. The van der Waals surface area contributed by atoms with Gasteiger partial charge in [0.05, 0.1) is 32.1 Å². The molecule has 8 N–H and O–H groups in total. The second kappa shape index (κ2) is 9.22. The van der Waals surface area contributed by atoms with Gasteiger partial charge < -0.3 is 36.4 Å². The van der Waals surface area contributed by atoms with Crippen LogP contribution in [0, 0.1) is 0 Å². The van der Waals surface area contributed by atoms with Gasteiger partial charge in [-0.15, -0.1) is 0 Å². The maximum atomic E-state index is 10.3. The second-order valence-electron chi connectivity index (χ2n) is 3.60. The molecule has 0 aromatic carbocycles. The van der Waals surface area contributed by atoms with Gasteiger partial charge in [0.2, 0.25) is 0 Å². The molecule has 0 unspecified atom stereocenters. The largest absolute Gasteiger partial charge is 0.481 e. The van der Waals surface area contributed by atoms with E-state index in [0.29, 0.717) is 0 Å². The molecule has 0 saturated carbocycles. The first-order valence-corrected chi connectivity index (χ1v) is 4.95. The van der Waals surface area contributed by atoms with Gasteiger partial charge in [-0.25, -0.2) is 4.79 Å². The molecule has 19 heavy (non-hydrogen) atoms. The molecule has 10 nitrogen and oxygen atoms in total. The van der Waals surface area contributed by atoms with Gasteiger partial charge in [-0.3, -0.25) is 9.59 Å². The summed E-state index contributed by atoms with van der Waals surface area (Å²) in [5, 5.41) is 49.9. The normalized spacial score (nSPS) is 10.6. The summed E-state index contributed by atoms with van der Waals surface area (Å²) in [6, 6.07) is -0.454. The number of hydrogen-bond donors (Lipinski definition) is 7. The Hall–Kier alpha value is -1.75. The molecule has 0 saturated heterocycles. The van der Waals surface area contributed by atoms with Crippen LogP contribution in [0.1, 0.15) is 12.8 Å². The average molecular weight is 283 g/mol. The molecule has 0 atom stereocenters. The molecule has 0 spiro atoms. The van der Waals surface area contributed by atoms with Crippen LogP contribution >= 0.6 is 0 Å². The van der Waals surface area contributed by atoms with E-state index in [9.17, 15) is 14.4 Å². The number of carbonyl (C=O) groups is 3. The van der Waals surface area contributed by atoms with Crippen LogP contribution in [-0.2, 0) is 14.4 Å². The van der Waals surface area contributed by atoms with E-state index in [1.165, 1.54) is 0 Å². The van der Waals surface area contributed by atoms with Gasteiger partial charge in [-0.05, 0) is 0 Å². The maximum absolute atomic E-state index is 10.3. The molecular weight excluding hydrogens is 266 g/mol. The first kappa shape index (κ1) is 19.6. The Morgan fingerprint density at radius 2 is 1.26 bits per heavy atom. The molecule has 0 aliphatic carbocycles. The van der Waals surface area contributed by atoms with Crippen molar-refractivity contribution in [3.63, 3.8) is 0 Å². The molecule has 0 rings (SSSR count). The number of carboxylic acids is 3. The highest BCUT2D eigenvalue weighted by Crippen LogP contribution is 2.15. The van der Waals surface area contributed by atoms with Gasteiger partial charge in [-0.1, -0.05) is 0 Å². The third-order valence-corrected chi connectivity index (χ3v) is 1.75. The molecule has 0 amide bonds. The molecular formula is C9H17NO9. The van der Waals surface area contributed by atoms with Crippen LogP contribution < -0.4 is 5.73 Å². The van der Waals surface area contributed by atoms with Gasteiger partial charge in [0.25, 0.3) is 0 Å². The zero-order valence-corrected chi connectivity index (χ0v) is 9.89. The van der Waals surface area contributed by atoms with E-state index in [-0.39, 0.29) is 13.2 Å². The summed E-state index contributed by atoms with van der Waals surface area (Å²) in [4.78, 5) is 30.5. The number of aliphatic hydroxyl groups excluding tert-OH is 2. The van der Waals surface area contributed by atoms with Crippen LogP contribution in [0.5, 0.6) is 0 Å². The average Bonchev–Trinajstić information content (AvgIpc) is 2.26. The minimum absolute atomic E-state index is 0.142. The molecule has 0 fully saturated rings. The lowest BCUT2D eigenvalue weighted by Crippen LogP contribution is -2.42. The summed E-state index contributed by atoms with van der Waals surface area (Å²) in [7, 11) is 0. The first-order chi connectivity index (χ1) is 8.58. The van der Waals surface area contributed by atoms with Crippen LogP contribution in [0.25, 0.3) is 0 Å². The van der Waals surface area contributed by atoms with Crippen LogP contribution in [0.15, 0.2) is 0 Å². The van der Waals surface area contributed by atoms with Crippen molar-refractivity contribution in [3.8, 4) is 0 Å². The van der Waals surface area contributed by atoms with E-state index in [1.54, 1.807) is 0 Å². The van der Waals surface area contributed by atoms with Crippen molar-refractivity contribution in [1.82, 2.24) is 0 Å². The van der Waals surface area contributed by atoms with Crippen molar-refractivity contribution in [2.24, 2.45) is 5.73 Å². The Bertz CT molecular complexity index is 297. The van der Waals surface area contributed by atoms with Gasteiger partial charge in [-0.2, -0.15) is 0 Å². The monoisotopic (exact) mass is 283 g/mol. The lowest BCUT2D eigenvalue weighted by Gasteiger charge is -2.18. The summed E-state index contributed by atoms with van der Waals surface area (Å²) in [6.07, 6.45) is -2.29. The number of nitrogens with two attached hydrogens (primary N) is 1. The number of aliphatic carboxylic acids is 3. The smallest absolute Gasteiger partial charge is 0.336 e. The van der Waals surface area contributed by atoms with E-state index in [4.69, 9.17) is 36.4 Å². The van der Waals surface area contributed by atoms with Gasteiger partial charge in [0.1, 0.15) is 0 Å². The highest BCUT2D eigenvalue weighted by molar-refractivity contribution is 5.88. The zero-order valence-electron chi connectivity index (χ0n) is 9.89. The number of aliphatic hydroxyl groups is 3. The topological polar surface area (TPSA) is 199 Å². The lowest BCUT2D eigenvalue weighted by molar-refractivity contribution is -0.170. The van der Waals surface area contributed by atoms with Gasteiger partial charge >= 0.3 is 17.9 Å². The van der Waals surface area contributed by atoms with Crippen molar-refractivity contribution in [1.29, 1.82) is 0 Å². The maximum Gasteiger partial charge on any atom is 0.336 e. The van der Waals surface area contributed by atoms with Crippen molar-refractivity contribution in [2.75, 3.05) is 13.2 Å². The number of hydrogen-bond acceptors (Lipinski definition) is 7. The SMILES string of the molecule is NC(CO)CO.O=C(O)CC(O)(CC(=O)O)C(=O)O. The van der Waals surface area contributed by atoms with Crippen LogP contribution in [-0.4, -0.2) is 73.4 Å². The highest BCUT2D eigenvalue weighted by Gasteiger charge is 2.40. The Morgan fingerprint density at radius 1 is 0.947 bits per heavy atom. The van der Waals surface area contributed by atoms with E-state index >= 15 is 0 Å². The molecule has 0 aliphatic rings. The van der Waals surface area contributed by atoms with E-state index in [1.807, 2.05) is 0 Å². The van der Waals surface area contributed by atoms with Crippen molar-refractivity contribution < 1.29 is 45.0 Å². The van der Waals surface area contributed by atoms with Crippen LogP contribution in [0.3, 0.4) is 0 Å². The quantitative estimate of drug-likeness (QED) is 0.253. The summed E-state index contributed by atoms with van der Waals surface area (Å²) < 4.78 is 0. The highest BCUT2D eigenvalue weighted by atomic mass is 16.4. The van der Waals surface area contributed by atoms with Gasteiger partial charge in [0, 0.05) is 0 Å². The fourth-order valence-electron chi connectivity index (χ4n) is 0.772. The Balaban J connectivity index is 0. The Labute approximate surface area is 107 Å². The standard InChI is InChI=1S/C6H8O7.C3H9NO2/c7-3(8)1-6(13,5(11)12)2-4(9)10;4-3(1-5)2-6/h13H,1-2H2,(H,7,8)(H,9,10)(H,11,12);3,5-6H,1-2,4H2. The minimum Gasteiger partial charge on any atom is -0.481 e. The number of carboxylic acid groups (broad SMARTS) is 3. The Kier molecular flexibility index (Phi) is 9.50. The summed E-state index contributed by atoms with van der Waals surface area (Å²) in [5.41, 5.74) is 2.23. The van der Waals surface area contributed by atoms with Crippen molar-refractivity contribution in [2.45, 2.75) is 24.5 Å². The fourth-order valence-corrected chi connectivity index (χ4v) is 0.772. The molecule has 0 heterocycles. The van der Waals surface area contributed by atoms with Crippen molar-refractivity contribution >= 4 is 17.9 Å². The fraction of sp³-hybridized carbons (Fsp3) is 0.667. The van der Waals surface area contributed by atoms with E-state index < -0.39 is 42.4 Å².